The van der Waals surface area contributed by atoms with Gasteiger partial charge in [-0.15, -0.1) is 0 Å². The third kappa shape index (κ3) is 3.76. The number of aromatic nitrogens is 1. The molecule has 0 N–H and O–H groups in total. The van der Waals surface area contributed by atoms with Gasteiger partial charge in [0.1, 0.15) is 0 Å². The second-order valence-electron chi connectivity index (χ2n) is 4.87. The van der Waals surface area contributed by atoms with E-state index < -0.39 is 0 Å². The average Bonchev–Trinajstić information content (AvgIpc) is 2.85. The predicted molar refractivity (Wildman–Crippen MR) is 95.3 cm³/mol. The SMILES string of the molecule is CN1C(=O)/C(=C/C=C/c2ccccc2)SC1=Nc1cccnc1. The predicted octanol–water partition coefficient (Wildman–Crippen LogP) is 3.87. The fraction of sp³-hybridized carbons (Fsp3) is 0.0556. The van der Waals surface area contributed by atoms with Gasteiger partial charge in [0.2, 0.25) is 0 Å². The lowest BCUT2D eigenvalue weighted by atomic mass is 10.2. The Morgan fingerprint density at radius 3 is 2.74 bits per heavy atom. The molecule has 114 valence electrons. The molecule has 1 saturated heterocycles. The highest BCUT2D eigenvalue weighted by atomic mass is 32.2. The maximum atomic E-state index is 12.3. The average molecular weight is 321 g/mol. The highest BCUT2D eigenvalue weighted by Gasteiger charge is 2.29. The molecule has 2 aromatic rings. The first-order valence-corrected chi connectivity index (χ1v) is 7.94. The monoisotopic (exact) mass is 321 g/mol. The molecule has 0 atom stereocenters. The molecular formula is C18H15N3OS. The number of carbonyl (C=O) groups is 1. The zero-order valence-electron chi connectivity index (χ0n) is 12.6. The van der Waals surface area contributed by atoms with Crippen LogP contribution in [0, 0.1) is 0 Å². The van der Waals surface area contributed by atoms with Crippen molar-refractivity contribution in [3.8, 4) is 0 Å². The van der Waals surface area contributed by atoms with E-state index in [4.69, 9.17) is 0 Å². The number of pyridine rings is 1. The molecule has 2 heterocycles. The first-order valence-electron chi connectivity index (χ1n) is 7.12. The molecule has 5 heteroatoms. The van der Waals surface area contributed by atoms with E-state index in [-0.39, 0.29) is 5.91 Å². The number of benzene rings is 1. The van der Waals surface area contributed by atoms with Crippen molar-refractivity contribution in [2.24, 2.45) is 4.99 Å². The Morgan fingerprint density at radius 1 is 1.17 bits per heavy atom. The number of hydrogen-bond acceptors (Lipinski definition) is 4. The van der Waals surface area contributed by atoms with Crippen LogP contribution in [0.4, 0.5) is 5.69 Å². The van der Waals surface area contributed by atoms with Crippen LogP contribution in [-0.2, 0) is 4.79 Å². The Morgan fingerprint density at radius 2 is 2.00 bits per heavy atom. The second-order valence-corrected chi connectivity index (χ2v) is 5.88. The normalized spacial score (nSPS) is 18.5. The number of hydrogen-bond donors (Lipinski definition) is 0. The van der Waals surface area contributed by atoms with Gasteiger partial charge in [-0.1, -0.05) is 42.5 Å². The van der Waals surface area contributed by atoms with Gasteiger partial charge in [-0.2, -0.15) is 0 Å². The molecule has 0 spiro atoms. The molecule has 1 fully saturated rings. The Bertz CT molecular complexity index is 782. The van der Waals surface area contributed by atoms with Gasteiger partial charge in [0, 0.05) is 13.2 Å². The topological polar surface area (TPSA) is 45.6 Å². The van der Waals surface area contributed by atoms with E-state index in [0.29, 0.717) is 10.1 Å². The first-order chi connectivity index (χ1) is 11.2. The number of carbonyl (C=O) groups excluding carboxylic acids is 1. The van der Waals surface area contributed by atoms with E-state index >= 15 is 0 Å². The molecule has 23 heavy (non-hydrogen) atoms. The van der Waals surface area contributed by atoms with Crippen LogP contribution < -0.4 is 0 Å². The van der Waals surface area contributed by atoms with Crippen LogP contribution >= 0.6 is 11.8 Å². The number of rotatable bonds is 3. The van der Waals surface area contributed by atoms with Crippen LogP contribution in [0.2, 0.25) is 0 Å². The number of likely N-dealkylation sites (N-methyl/N-ethyl adjacent to an activating group) is 1. The number of amides is 1. The maximum absolute atomic E-state index is 12.3. The molecule has 1 aliphatic rings. The number of allylic oxidation sites excluding steroid dienone is 2. The summed E-state index contributed by atoms with van der Waals surface area (Å²) in [5.74, 6) is -0.0460. The summed E-state index contributed by atoms with van der Waals surface area (Å²) in [6.07, 6.45) is 9.04. The highest BCUT2D eigenvalue weighted by Crippen LogP contribution is 2.31. The fourth-order valence-corrected chi connectivity index (χ4v) is 2.95. The van der Waals surface area contributed by atoms with Crippen molar-refractivity contribution < 1.29 is 4.79 Å². The minimum absolute atomic E-state index is 0.0460. The molecule has 3 rings (SSSR count). The third-order valence-electron chi connectivity index (χ3n) is 3.21. The minimum atomic E-state index is -0.0460. The van der Waals surface area contributed by atoms with E-state index in [9.17, 15) is 4.79 Å². The summed E-state index contributed by atoms with van der Waals surface area (Å²) in [5, 5.41) is 0.655. The molecular weight excluding hydrogens is 306 g/mol. The Kier molecular flexibility index (Phi) is 4.68. The summed E-state index contributed by atoms with van der Waals surface area (Å²) in [6.45, 7) is 0. The van der Waals surface area contributed by atoms with E-state index in [2.05, 4.69) is 9.98 Å². The van der Waals surface area contributed by atoms with Gasteiger partial charge >= 0.3 is 0 Å². The number of thioether (sulfide) groups is 1. The lowest BCUT2D eigenvalue weighted by Crippen LogP contribution is -2.23. The third-order valence-corrected chi connectivity index (χ3v) is 4.29. The summed E-state index contributed by atoms with van der Waals surface area (Å²) in [7, 11) is 1.73. The van der Waals surface area contributed by atoms with Gasteiger partial charge in [-0.05, 0) is 35.5 Å². The zero-order chi connectivity index (χ0) is 16.1. The Labute approximate surface area is 139 Å². The lowest BCUT2D eigenvalue weighted by molar-refractivity contribution is -0.121. The van der Waals surface area contributed by atoms with Gasteiger partial charge in [0.05, 0.1) is 16.8 Å². The summed E-state index contributed by atoms with van der Waals surface area (Å²) in [6, 6.07) is 13.6. The molecule has 0 saturated carbocycles. The standard InChI is InChI=1S/C18H15N3OS/c1-21-17(22)16(11-5-9-14-7-3-2-4-8-14)23-18(21)20-15-10-6-12-19-13-15/h2-13H,1H3/b9-5+,16-11-,20-18?. The zero-order valence-corrected chi connectivity index (χ0v) is 13.4. The molecule has 0 unspecified atom stereocenters. The van der Waals surface area contributed by atoms with Crippen molar-refractivity contribution in [3.63, 3.8) is 0 Å². The van der Waals surface area contributed by atoms with Crippen molar-refractivity contribution in [1.29, 1.82) is 0 Å². The molecule has 4 nitrogen and oxygen atoms in total. The molecule has 1 aromatic carbocycles. The van der Waals surface area contributed by atoms with Crippen LogP contribution in [-0.4, -0.2) is 28.0 Å². The lowest BCUT2D eigenvalue weighted by Gasteiger charge is -2.06. The van der Waals surface area contributed by atoms with Crippen molar-refractivity contribution in [1.82, 2.24) is 9.88 Å². The van der Waals surface area contributed by atoms with E-state index in [1.807, 2.05) is 60.7 Å². The van der Waals surface area contributed by atoms with Crippen LogP contribution in [0.25, 0.3) is 6.08 Å². The van der Waals surface area contributed by atoms with E-state index in [1.165, 1.54) is 11.8 Å². The van der Waals surface area contributed by atoms with Crippen LogP contribution in [0.1, 0.15) is 5.56 Å². The van der Waals surface area contributed by atoms with E-state index in [1.54, 1.807) is 24.3 Å². The van der Waals surface area contributed by atoms with Crippen molar-refractivity contribution >= 4 is 34.6 Å². The summed E-state index contributed by atoms with van der Waals surface area (Å²) >= 11 is 1.37. The first kappa shape index (κ1) is 15.2. The van der Waals surface area contributed by atoms with Crippen LogP contribution in [0.3, 0.4) is 0 Å². The minimum Gasteiger partial charge on any atom is -0.290 e. The van der Waals surface area contributed by atoms with Crippen molar-refractivity contribution in [2.45, 2.75) is 0 Å². The van der Waals surface area contributed by atoms with Gasteiger partial charge in [0.15, 0.2) is 5.17 Å². The van der Waals surface area contributed by atoms with Gasteiger partial charge in [-0.3, -0.25) is 14.7 Å². The summed E-state index contributed by atoms with van der Waals surface area (Å²) in [4.78, 5) is 23.0. The molecule has 1 amide bonds. The maximum Gasteiger partial charge on any atom is 0.266 e. The molecule has 0 bridgehead atoms. The van der Waals surface area contributed by atoms with E-state index in [0.717, 1.165) is 11.3 Å². The molecule has 0 aliphatic carbocycles. The molecule has 1 aliphatic heterocycles. The van der Waals surface area contributed by atoms with Gasteiger partial charge in [-0.25, -0.2) is 4.99 Å². The smallest absolute Gasteiger partial charge is 0.266 e. The summed E-state index contributed by atoms with van der Waals surface area (Å²) < 4.78 is 0. The van der Waals surface area contributed by atoms with Crippen LogP contribution in [0.15, 0.2) is 76.9 Å². The van der Waals surface area contributed by atoms with Crippen molar-refractivity contribution in [2.75, 3.05) is 7.05 Å². The number of nitrogens with zero attached hydrogens (tertiary/aromatic N) is 3. The van der Waals surface area contributed by atoms with Crippen LogP contribution in [0.5, 0.6) is 0 Å². The summed E-state index contributed by atoms with van der Waals surface area (Å²) in [5.41, 5.74) is 1.83. The van der Waals surface area contributed by atoms with Crippen molar-refractivity contribution in [3.05, 3.63) is 77.5 Å². The quantitative estimate of drug-likeness (QED) is 0.806. The Hall–Kier alpha value is -2.66. The number of amidine groups is 1. The largest absolute Gasteiger partial charge is 0.290 e. The van der Waals surface area contributed by atoms with Gasteiger partial charge < -0.3 is 0 Å². The molecule has 1 aromatic heterocycles. The second kappa shape index (κ2) is 7.07. The van der Waals surface area contributed by atoms with Gasteiger partial charge in [0.25, 0.3) is 5.91 Å². The highest BCUT2D eigenvalue weighted by molar-refractivity contribution is 8.18. The Balaban J connectivity index is 1.77. The molecule has 0 radical (unpaired) electrons. The fourth-order valence-electron chi connectivity index (χ4n) is 2.01. The number of aliphatic imine (C=N–C) groups is 1.